The molecular weight excluding hydrogens is 335 g/mol. The average Bonchev–Trinajstić information content (AvgIpc) is 2.80. The molecule has 1 aromatic rings. The molecule has 24 heavy (non-hydrogen) atoms. The predicted molar refractivity (Wildman–Crippen MR) is 85.8 cm³/mol. The van der Waals surface area contributed by atoms with Crippen LogP contribution < -0.4 is 11.4 Å². The van der Waals surface area contributed by atoms with E-state index in [4.69, 9.17) is 30.6 Å². The van der Waals surface area contributed by atoms with Crippen LogP contribution >= 0.6 is 8.60 Å². The van der Waals surface area contributed by atoms with Crippen molar-refractivity contribution in [1.29, 1.82) is 0 Å². The lowest BCUT2D eigenvalue weighted by Crippen LogP contribution is -2.46. The molecule has 9 nitrogen and oxygen atoms in total. The first kappa shape index (κ1) is 17.3. The third kappa shape index (κ3) is 2.92. The van der Waals surface area contributed by atoms with Crippen LogP contribution in [0.15, 0.2) is 17.1 Å². The van der Waals surface area contributed by atoms with E-state index in [1.165, 1.54) is 16.8 Å². The number of nitrogens with two attached hydrogens (primary N) is 1. The van der Waals surface area contributed by atoms with E-state index in [1.54, 1.807) is 6.92 Å². The Balaban J connectivity index is 1.91. The van der Waals surface area contributed by atoms with Crippen LogP contribution in [0.2, 0.25) is 0 Å². The van der Waals surface area contributed by atoms with Crippen molar-refractivity contribution in [2.75, 3.05) is 12.3 Å². The number of hydrogen-bond acceptors (Lipinski definition) is 7. The molecule has 0 bridgehead atoms. The Hall–Kier alpha value is -1.56. The van der Waals surface area contributed by atoms with Gasteiger partial charge in [0.2, 0.25) is 6.23 Å². The minimum absolute atomic E-state index is 0.0612. The van der Waals surface area contributed by atoms with Gasteiger partial charge in [-0.3, -0.25) is 9.09 Å². The van der Waals surface area contributed by atoms with Crippen molar-refractivity contribution in [3.63, 3.8) is 0 Å². The number of nitrogen functional groups attached to an aromatic ring is 1. The summed E-state index contributed by atoms with van der Waals surface area (Å²) >= 11 is 0. The van der Waals surface area contributed by atoms with E-state index >= 15 is 0 Å². The Kier molecular flexibility index (Phi) is 4.60. The molecule has 130 valence electrons. The lowest BCUT2D eigenvalue weighted by Gasteiger charge is -2.32. The highest BCUT2D eigenvalue weighted by Gasteiger charge is 2.64. The van der Waals surface area contributed by atoms with Crippen molar-refractivity contribution >= 4 is 14.4 Å². The minimum Gasteiger partial charge on any atom is -0.383 e. The number of ether oxygens (including phenoxy) is 1. The second-order valence-electron chi connectivity index (χ2n) is 6.11. The van der Waals surface area contributed by atoms with Gasteiger partial charge in [-0.05, 0) is 19.9 Å². The molecule has 0 aromatic carbocycles. The summed E-state index contributed by atoms with van der Waals surface area (Å²) in [4.78, 5) is 19.6. The Labute approximate surface area is 140 Å². The number of fused-ring (bicyclic) bond motifs is 1. The first-order valence-corrected chi connectivity index (χ1v) is 8.60. The standard InChI is InChI=1S/C14H19N4O5P/c1-8(2)22-24-20-7-9-11(23-24)14(3,16-4)12(21-9)18-6-5-10(15)17-13(18)19/h5-6,8-9,11-12H,7H2,1-3H3,(H2,15,17,19)/t9-,11-,12-,14-,24?/m1/s1. The maximum Gasteiger partial charge on any atom is 0.351 e. The van der Waals surface area contributed by atoms with Crippen molar-refractivity contribution in [2.24, 2.45) is 0 Å². The summed E-state index contributed by atoms with van der Waals surface area (Å²) in [6.07, 6.45) is -0.460. The first-order valence-electron chi connectivity index (χ1n) is 7.50. The van der Waals surface area contributed by atoms with Gasteiger partial charge in [0.15, 0.2) is 6.10 Å². The summed E-state index contributed by atoms with van der Waals surface area (Å²) in [5.74, 6) is 0.115. The zero-order chi connectivity index (χ0) is 17.5. The Bertz CT molecular complexity index is 720. The van der Waals surface area contributed by atoms with Crippen LogP contribution in [0.4, 0.5) is 5.82 Å². The second-order valence-corrected chi connectivity index (χ2v) is 7.23. The number of aromatic nitrogens is 2. The molecule has 2 N–H and O–H groups in total. The number of rotatable bonds is 3. The van der Waals surface area contributed by atoms with Crippen LogP contribution in [-0.4, -0.2) is 40.0 Å². The van der Waals surface area contributed by atoms with Gasteiger partial charge < -0.3 is 24.4 Å². The summed E-state index contributed by atoms with van der Waals surface area (Å²) in [5.41, 5.74) is 3.84. The molecule has 3 heterocycles. The Morgan fingerprint density at radius 1 is 1.62 bits per heavy atom. The van der Waals surface area contributed by atoms with E-state index in [2.05, 4.69) is 9.83 Å². The molecule has 2 aliphatic rings. The van der Waals surface area contributed by atoms with Gasteiger partial charge in [0, 0.05) is 13.1 Å². The quantitative estimate of drug-likeness (QED) is 0.648. The van der Waals surface area contributed by atoms with E-state index in [0.29, 0.717) is 0 Å². The molecule has 5 atom stereocenters. The summed E-state index contributed by atoms with van der Waals surface area (Å²) in [5, 5.41) is 0. The molecule has 0 amide bonds. The van der Waals surface area contributed by atoms with Crippen LogP contribution in [-0.2, 0) is 18.3 Å². The molecule has 2 fully saturated rings. The highest BCUT2D eigenvalue weighted by Crippen LogP contribution is 2.54. The van der Waals surface area contributed by atoms with Crippen LogP contribution in [0.25, 0.3) is 4.85 Å². The van der Waals surface area contributed by atoms with E-state index in [0.717, 1.165) is 0 Å². The van der Waals surface area contributed by atoms with Gasteiger partial charge >= 0.3 is 19.8 Å². The van der Waals surface area contributed by atoms with Crippen LogP contribution in [0.3, 0.4) is 0 Å². The number of anilines is 1. The maximum atomic E-state index is 12.1. The van der Waals surface area contributed by atoms with Gasteiger partial charge in [0.05, 0.1) is 12.7 Å². The predicted octanol–water partition coefficient (Wildman–Crippen LogP) is 1.47. The smallest absolute Gasteiger partial charge is 0.351 e. The van der Waals surface area contributed by atoms with Gasteiger partial charge in [0.1, 0.15) is 11.9 Å². The zero-order valence-corrected chi connectivity index (χ0v) is 14.5. The molecule has 1 unspecified atom stereocenters. The fourth-order valence-corrected chi connectivity index (χ4v) is 4.07. The fourth-order valence-electron chi connectivity index (χ4n) is 2.75. The van der Waals surface area contributed by atoms with E-state index < -0.39 is 38.3 Å². The zero-order valence-electron chi connectivity index (χ0n) is 13.6. The largest absolute Gasteiger partial charge is 0.383 e. The lowest BCUT2D eigenvalue weighted by molar-refractivity contribution is -0.0643. The summed E-state index contributed by atoms with van der Waals surface area (Å²) < 4.78 is 24.2. The molecule has 0 spiro atoms. The number of nitrogens with zero attached hydrogens (tertiary/aromatic N) is 3. The average molecular weight is 354 g/mol. The molecule has 3 rings (SSSR count). The number of hydrogen-bond donors (Lipinski definition) is 1. The summed E-state index contributed by atoms with van der Waals surface area (Å²) in [6.45, 7) is 13.3. The Morgan fingerprint density at radius 2 is 2.38 bits per heavy atom. The molecule has 0 saturated carbocycles. The van der Waals surface area contributed by atoms with Crippen LogP contribution in [0, 0.1) is 6.57 Å². The van der Waals surface area contributed by atoms with Crippen molar-refractivity contribution in [3.8, 4) is 0 Å². The van der Waals surface area contributed by atoms with Crippen molar-refractivity contribution < 1.29 is 18.3 Å². The molecular formula is C14H19N4O5P. The van der Waals surface area contributed by atoms with Gasteiger partial charge in [-0.15, -0.1) is 0 Å². The molecule has 10 heteroatoms. The first-order chi connectivity index (χ1) is 11.3. The summed E-state index contributed by atoms with van der Waals surface area (Å²) in [6, 6.07) is 1.49. The van der Waals surface area contributed by atoms with Crippen molar-refractivity contribution in [2.45, 2.75) is 50.8 Å². The van der Waals surface area contributed by atoms with Gasteiger partial charge in [-0.1, -0.05) is 0 Å². The molecule has 0 aliphatic carbocycles. The van der Waals surface area contributed by atoms with E-state index in [-0.39, 0.29) is 18.5 Å². The van der Waals surface area contributed by atoms with Crippen molar-refractivity contribution in [1.82, 2.24) is 9.55 Å². The van der Waals surface area contributed by atoms with Gasteiger partial charge in [-0.25, -0.2) is 11.4 Å². The molecule has 0 radical (unpaired) electrons. The van der Waals surface area contributed by atoms with Gasteiger partial charge in [0.25, 0.3) is 0 Å². The SMILES string of the molecule is [C-]#[N+][C@]1(C)[C@@H]2OP(OC(C)C)OC[C@H]2O[C@H]1n1ccc(N)nc1=O. The molecule has 2 aliphatic heterocycles. The highest BCUT2D eigenvalue weighted by atomic mass is 31.2. The lowest BCUT2D eigenvalue weighted by atomic mass is 9.93. The third-order valence-electron chi connectivity index (χ3n) is 3.90. The van der Waals surface area contributed by atoms with E-state index in [1.807, 2.05) is 13.8 Å². The monoisotopic (exact) mass is 354 g/mol. The normalized spacial score (nSPS) is 35.6. The van der Waals surface area contributed by atoms with Crippen LogP contribution in [0.5, 0.6) is 0 Å². The fraction of sp³-hybridized carbons (Fsp3) is 0.643. The van der Waals surface area contributed by atoms with E-state index in [9.17, 15) is 4.79 Å². The maximum absolute atomic E-state index is 12.1. The van der Waals surface area contributed by atoms with Gasteiger partial charge in [-0.2, -0.15) is 4.98 Å². The van der Waals surface area contributed by atoms with Crippen molar-refractivity contribution in [3.05, 3.63) is 34.2 Å². The highest BCUT2D eigenvalue weighted by molar-refractivity contribution is 7.41. The molecule has 2 saturated heterocycles. The topological polar surface area (TPSA) is 102 Å². The third-order valence-corrected chi connectivity index (χ3v) is 5.26. The summed E-state index contributed by atoms with van der Waals surface area (Å²) in [7, 11) is -1.55. The minimum atomic E-state index is -1.55. The van der Waals surface area contributed by atoms with Crippen LogP contribution in [0.1, 0.15) is 27.0 Å². The molecule has 1 aromatic heterocycles. The second kappa shape index (κ2) is 6.39. The Morgan fingerprint density at radius 3 is 3.00 bits per heavy atom.